The smallest absolute Gasteiger partial charge is 0.234 e. The molecule has 2 aromatic heterocycles. The summed E-state index contributed by atoms with van der Waals surface area (Å²) in [6.45, 7) is 5.22. The van der Waals surface area contributed by atoms with Gasteiger partial charge in [-0.2, -0.15) is 5.10 Å². The predicted octanol–water partition coefficient (Wildman–Crippen LogP) is 2.39. The first-order valence-electron chi connectivity index (χ1n) is 9.54. The van der Waals surface area contributed by atoms with Crippen LogP contribution in [0, 0.1) is 13.8 Å². The van der Waals surface area contributed by atoms with Crippen LogP contribution in [0.15, 0.2) is 35.5 Å². The second kappa shape index (κ2) is 8.75. The molecular weight excluding hydrogens is 390 g/mol. The van der Waals surface area contributed by atoms with Crippen LogP contribution in [0.3, 0.4) is 0 Å². The monoisotopic (exact) mass is 413 g/mol. The second-order valence-corrected chi connectivity index (χ2v) is 7.85. The summed E-state index contributed by atoms with van der Waals surface area (Å²) >= 11 is 1.31. The average molecular weight is 414 g/mol. The standard InChI is InChI=1S/C19H23N7O2S/c1-13-18(14(2)26(22-13)15-7-4-3-5-8-15)20-17(27)12-29-19-21-23-24-25(19)11-16-9-6-10-28-16/h3-5,7-8,16H,6,9-12H2,1-2H3,(H,20,27)/t16-/m1/s1. The van der Waals surface area contributed by atoms with E-state index in [9.17, 15) is 4.79 Å². The molecule has 1 amide bonds. The summed E-state index contributed by atoms with van der Waals surface area (Å²) in [5.41, 5.74) is 3.35. The van der Waals surface area contributed by atoms with Crippen LogP contribution in [-0.2, 0) is 16.1 Å². The number of benzene rings is 1. The molecule has 0 bridgehead atoms. The molecule has 4 rings (SSSR count). The number of tetrazole rings is 1. The summed E-state index contributed by atoms with van der Waals surface area (Å²) in [6, 6.07) is 9.84. The maximum atomic E-state index is 12.5. The molecular formula is C19H23N7O2S. The Balaban J connectivity index is 1.38. The minimum absolute atomic E-state index is 0.125. The summed E-state index contributed by atoms with van der Waals surface area (Å²) in [5.74, 6) is 0.0851. The van der Waals surface area contributed by atoms with E-state index in [2.05, 4.69) is 25.9 Å². The lowest BCUT2D eigenvalue weighted by molar-refractivity contribution is -0.113. The molecule has 0 spiro atoms. The van der Waals surface area contributed by atoms with Crippen LogP contribution in [-0.4, -0.2) is 54.4 Å². The molecule has 29 heavy (non-hydrogen) atoms. The average Bonchev–Trinajstić information content (AvgIpc) is 3.46. The predicted molar refractivity (Wildman–Crippen MR) is 109 cm³/mol. The van der Waals surface area contributed by atoms with Gasteiger partial charge in [0.15, 0.2) is 0 Å². The van der Waals surface area contributed by atoms with Crippen molar-refractivity contribution in [3.8, 4) is 5.69 Å². The van der Waals surface area contributed by atoms with Gasteiger partial charge in [-0.05, 0) is 49.2 Å². The summed E-state index contributed by atoms with van der Waals surface area (Å²) in [5, 5.41) is 19.9. The van der Waals surface area contributed by atoms with Crippen molar-refractivity contribution in [2.45, 2.75) is 44.5 Å². The van der Waals surface area contributed by atoms with E-state index < -0.39 is 0 Å². The van der Waals surface area contributed by atoms with E-state index in [0.717, 1.165) is 42.2 Å². The molecule has 1 fully saturated rings. The number of carbonyl (C=O) groups is 1. The van der Waals surface area contributed by atoms with Crippen LogP contribution in [0.25, 0.3) is 5.69 Å². The Hall–Kier alpha value is -2.72. The Labute approximate surface area is 172 Å². The summed E-state index contributed by atoms with van der Waals surface area (Å²) in [6.07, 6.45) is 2.21. The number of aromatic nitrogens is 6. The molecule has 0 unspecified atom stereocenters. The van der Waals surface area contributed by atoms with Gasteiger partial charge >= 0.3 is 0 Å². The highest BCUT2D eigenvalue weighted by atomic mass is 32.2. The highest BCUT2D eigenvalue weighted by Crippen LogP contribution is 2.24. The SMILES string of the molecule is Cc1nn(-c2ccccc2)c(C)c1NC(=O)CSc1nnnn1C[C@H]1CCCO1. The number of para-hydroxylation sites is 1. The molecule has 9 nitrogen and oxygen atoms in total. The molecule has 3 heterocycles. The lowest BCUT2D eigenvalue weighted by Gasteiger charge is -2.10. The lowest BCUT2D eigenvalue weighted by Crippen LogP contribution is -2.18. The third-order valence-corrected chi connectivity index (χ3v) is 5.75. The molecule has 1 atom stereocenters. The molecule has 152 valence electrons. The van der Waals surface area contributed by atoms with Crippen LogP contribution in [0.5, 0.6) is 0 Å². The Bertz CT molecular complexity index is 980. The Morgan fingerprint density at radius 1 is 1.31 bits per heavy atom. The summed E-state index contributed by atoms with van der Waals surface area (Å²) < 4.78 is 9.18. The summed E-state index contributed by atoms with van der Waals surface area (Å²) in [7, 11) is 0. The normalized spacial score (nSPS) is 16.3. The van der Waals surface area contributed by atoms with Crippen molar-refractivity contribution in [1.82, 2.24) is 30.0 Å². The number of hydrogen-bond donors (Lipinski definition) is 1. The van der Waals surface area contributed by atoms with Crippen LogP contribution < -0.4 is 5.32 Å². The number of carbonyl (C=O) groups excluding carboxylic acids is 1. The molecule has 1 N–H and O–H groups in total. The van der Waals surface area contributed by atoms with Gasteiger partial charge in [0.25, 0.3) is 0 Å². The van der Waals surface area contributed by atoms with E-state index in [1.54, 1.807) is 4.68 Å². The van der Waals surface area contributed by atoms with E-state index >= 15 is 0 Å². The van der Waals surface area contributed by atoms with Gasteiger partial charge < -0.3 is 10.1 Å². The third kappa shape index (κ3) is 4.48. The Morgan fingerprint density at radius 2 is 2.14 bits per heavy atom. The second-order valence-electron chi connectivity index (χ2n) is 6.91. The van der Waals surface area contributed by atoms with E-state index in [1.165, 1.54) is 11.8 Å². The summed E-state index contributed by atoms with van der Waals surface area (Å²) in [4.78, 5) is 12.5. The highest BCUT2D eigenvalue weighted by molar-refractivity contribution is 7.99. The van der Waals surface area contributed by atoms with Gasteiger partial charge in [0.05, 0.1) is 41.2 Å². The number of hydrogen-bond acceptors (Lipinski definition) is 7. The van der Waals surface area contributed by atoms with E-state index in [-0.39, 0.29) is 17.8 Å². The minimum atomic E-state index is -0.125. The first-order valence-corrected chi connectivity index (χ1v) is 10.5. The van der Waals surface area contributed by atoms with Crippen molar-refractivity contribution < 1.29 is 9.53 Å². The number of anilines is 1. The van der Waals surface area contributed by atoms with Gasteiger partial charge in [-0.15, -0.1) is 5.10 Å². The Morgan fingerprint density at radius 3 is 2.90 bits per heavy atom. The van der Waals surface area contributed by atoms with E-state index in [1.807, 2.05) is 48.9 Å². The van der Waals surface area contributed by atoms with Gasteiger partial charge in [-0.3, -0.25) is 4.79 Å². The molecule has 1 saturated heterocycles. The number of aryl methyl sites for hydroxylation is 1. The fourth-order valence-electron chi connectivity index (χ4n) is 3.35. The van der Waals surface area contributed by atoms with Crippen LogP contribution in [0.1, 0.15) is 24.2 Å². The van der Waals surface area contributed by atoms with E-state index in [4.69, 9.17) is 4.74 Å². The number of ether oxygens (including phenoxy) is 1. The van der Waals surface area contributed by atoms with Gasteiger partial charge in [0, 0.05) is 6.61 Å². The highest BCUT2D eigenvalue weighted by Gasteiger charge is 2.20. The van der Waals surface area contributed by atoms with Crippen LogP contribution in [0.4, 0.5) is 5.69 Å². The topological polar surface area (TPSA) is 99.8 Å². The molecule has 0 saturated carbocycles. The number of amides is 1. The third-order valence-electron chi connectivity index (χ3n) is 4.79. The van der Waals surface area contributed by atoms with Gasteiger partial charge in [0.1, 0.15) is 0 Å². The quantitative estimate of drug-likeness (QED) is 0.594. The zero-order valence-electron chi connectivity index (χ0n) is 16.4. The zero-order valence-corrected chi connectivity index (χ0v) is 17.2. The Kier molecular flexibility index (Phi) is 5.91. The lowest BCUT2D eigenvalue weighted by atomic mass is 10.2. The van der Waals surface area contributed by atoms with Crippen molar-refractivity contribution in [1.29, 1.82) is 0 Å². The van der Waals surface area contributed by atoms with Gasteiger partial charge in [0.2, 0.25) is 11.1 Å². The molecule has 1 aliphatic heterocycles. The van der Waals surface area contributed by atoms with Gasteiger partial charge in [-0.25, -0.2) is 9.36 Å². The molecule has 3 aromatic rings. The first-order chi connectivity index (χ1) is 14.1. The van der Waals surface area contributed by atoms with Crippen molar-refractivity contribution >= 4 is 23.4 Å². The van der Waals surface area contributed by atoms with Crippen molar-refractivity contribution in [2.75, 3.05) is 17.7 Å². The van der Waals surface area contributed by atoms with Crippen molar-refractivity contribution in [3.05, 3.63) is 41.7 Å². The van der Waals surface area contributed by atoms with Gasteiger partial charge in [-0.1, -0.05) is 30.0 Å². The molecule has 1 aliphatic rings. The maximum absolute atomic E-state index is 12.5. The number of nitrogens with zero attached hydrogens (tertiary/aromatic N) is 6. The zero-order chi connectivity index (χ0) is 20.2. The van der Waals surface area contributed by atoms with E-state index in [0.29, 0.717) is 11.7 Å². The fourth-order valence-corrected chi connectivity index (χ4v) is 4.03. The van der Waals surface area contributed by atoms with Crippen molar-refractivity contribution in [3.63, 3.8) is 0 Å². The fraction of sp³-hybridized carbons (Fsp3) is 0.421. The molecule has 10 heteroatoms. The largest absolute Gasteiger partial charge is 0.376 e. The maximum Gasteiger partial charge on any atom is 0.234 e. The van der Waals surface area contributed by atoms with Crippen molar-refractivity contribution in [2.24, 2.45) is 0 Å². The minimum Gasteiger partial charge on any atom is -0.376 e. The number of thioether (sulfide) groups is 1. The number of nitrogens with one attached hydrogen (secondary N) is 1. The number of rotatable bonds is 7. The molecule has 1 aromatic carbocycles. The van der Waals surface area contributed by atoms with Crippen LogP contribution in [0.2, 0.25) is 0 Å². The molecule has 0 radical (unpaired) electrons. The first kappa shape index (κ1) is 19.6. The molecule has 0 aliphatic carbocycles. The van der Waals surface area contributed by atoms with Crippen LogP contribution >= 0.6 is 11.8 Å².